The Morgan fingerprint density at radius 2 is 1.96 bits per heavy atom. The monoisotopic (exact) mass is 409 g/mol. The maximum Gasteiger partial charge on any atom is 0.341 e. The van der Waals surface area contributed by atoms with Gasteiger partial charge in [0.2, 0.25) is 0 Å². The number of carbonyl (C=O) groups is 3. The maximum atomic E-state index is 12.2. The van der Waals surface area contributed by atoms with E-state index in [0.717, 1.165) is 21.7 Å². The number of thiophene rings is 2. The number of ether oxygens (including phenoxy) is 2. The second kappa shape index (κ2) is 10.2. The first-order chi connectivity index (χ1) is 13.0. The van der Waals surface area contributed by atoms with Gasteiger partial charge in [0.15, 0.2) is 6.61 Å². The minimum absolute atomic E-state index is 0.222. The normalized spacial score (nSPS) is 10.5. The molecule has 0 unspecified atom stereocenters. The summed E-state index contributed by atoms with van der Waals surface area (Å²) in [6.07, 6.45) is 1.56. The molecule has 0 radical (unpaired) electrons. The number of hydrogen-bond acceptors (Lipinski definition) is 7. The molecule has 0 aliphatic heterocycles. The Morgan fingerprint density at radius 3 is 2.59 bits per heavy atom. The highest BCUT2D eigenvalue weighted by Crippen LogP contribution is 2.34. The molecule has 0 saturated heterocycles. The summed E-state index contributed by atoms with van der Waals surface area (Å²) in [4.78, 5) is 38.3. The smallest absolute Gasteiger partial charge is 0.341 e. The molecule has 0 aliphatic rings. The van der Waals surface area contributed by atoms with Crippen molar-refractivity contribution in [1.29, 1.82) is 0 Å². The highest BCUT2D eigenvalue weighted by atomic mass is 32.1. The lowest BCUT2D eigenvalue weighted by molar-refractivity contribution is -0.147. The lowest BCUT2D eigenvalue weighted by atomic mass is 10.1. The number of anilines is 1. The van der Waals surface area contributed by atoms with Gasteiger partial charge in [-0.1, -0.05) is 13.0 Å². The molecule has 0 spiro atoms. The minimum atomic E-state index is -0.478. The number of rotatable bonds is 9. The molecule has 1 amide bonds. The molecular weight excluding hydrogens is 386 g/mol. The lowest BCUT2D eigenvalue weighted by Gasteiger charge is -2.08. The van der Waals surface area contributed by atoms with Gasteiger partial charge in [0, 0.05) is 9.75 Å². The molecule has 0 aliphatic carbocycles. The van der Waals surface area contributed by atoms with Gasteiger partial charge in [0.25, 0.3) is 5.91 Å². The van der Waals surface area contributed by atoms with Crippen LogP contribution < -0.4 is 5.32 Å². The fourth-order valence-corrected chi connectivity index (χ4v) is 4.35. The van der Waals surface area contributed by atoms with E-state index in [1.165, 1.54) is 11.3 Å². The van der Waals surface area contributed by atoms with Gasteiger partial charge in [-0.05, 0) is 43.7 Å². The molecule has 0 atom stereocenters. The van der Waals surface area contributed by atoms with Crippen molar-refractivity contribution in [3.05, 3.63) is 38.4 Å². The predicted molar refractivity (Wildman–Crippen MR) is 107 cm³/mol. The van der Waals surface area contributed by atoms with Gasteiger partial charge in [0.1, 0.15) is 5.00 Å². The van der Waals surface area contributed by atoms with Crippen molar-refractivity contribution in [2.45, 2.75) is 40.0 Å². The third kappa shape index (κ3) is 5.90. The van der Waals surface area contributed by atoms with Crippen LogP contribution in [0.1, 0.15) is 45.9 Å². The van der Waals surface area contributed by atoms with Gasteiger partial charge >= 0.3 is 11.9 Å². The number of hydrogen-bond donors (Lipinski definition) is 1. The molecule has 1 N–H and O–H groups in total. The van der Waals surface area contributed by atoms with E-state index in [9.17, 15) is 14.4 Å². The number of carbonyl (C=O) groups excluding carboxylic acids is 3. The van der Waals surface area contributed by atoms with Crippen molar-refractivity contribution in [3.63, 3.8) is 0 Å². The molecule has 0 bridgehead atoms. The van der Waals surface area contributed by atoms with Crippen LogP contribution in [0.15, 0.2) is 17.5 Å². The van der Waals surface area contributed by atoms with E-state index in [1.54, 1.807) is 18.3 Å². The summed E-state index contributed by atoms with van der Waals surface area (Å²) in [7, 11) is 0. The van der Waals surface area contributed by atoms with E-state index in [4.69, 9.17) is 9.47 Å². The molecular formula is C19H23NO5S2. The summed E-state index contributed by atoms with van der Waals surface area (Å²) >= 11 is 2.92. The average Bonchev–Trinajstić information content (AvgIpc) is 3.26. The number of nitrogens with one attached hydrogen (secondary N) is 1. The standard InChI is InChI=1S/C19H23NO5S2/c1-4-14-12(3)17(19(23)24-5-2)18(27-14)20-15(21)11-25-16(22)9-8-13-7-6-10-26-13/h6-7,10H,4-5,8-9,11H2,1-3H3,(H,20,21). The molecule has 2 rings (SSSR count). The third-order valence-electron chi connectivity index (χ3n) is 3.82. The molecule has 0 saturated carbocycles. The highest BCUT2D eigenvalue weighted by Gasteiger charge is 2.23. The fourth-order valence-electron chi connectivity index (χ4n) is 2.50. The zero-order valence-electron chi connectivity index (χ0n) is 15.6. The van der Waals surface area contributed by atoms with Crippen molar-refractivity contribution < 1.29 is 23.9 Å². The number of esters is 2. The summed E-state index contributed by atoms with van der Waals surface area (Å²) in [5.74, 6) is -1.37. The van der Waals surface area contributed by atoms with Crippen LogP contribution in [0, 0.1) is 6.92 Å². The van der Waals surface area contributed by atoms with E-state index in [2.05, 4.69) is 5.32 Å². The Hall–Kier alpha value is -2.19. The maximum absolute atomic E-state index is 12.2. The molecule has 8 heteroatoms. The molecule has 2 aromatic heterocycles. The lowest BCUT2D eigenvalue weighted by Crippen LogP contribution is -2.21. The first-order valence-corrected chi connectivity index (χ1v) is 10.4. The molecule has 2 heterocycles. The van der Waals surface area contributed by atoms with E-state index < -0.39 is 17.8 Å². The van der Waals surface area contributed by atoms with Gasteiger partial charge in [-0.25, -0.2) is 4.79 Å². The van der Waals surface area contributed by atoms with Crippen molar-refractivity contribution in [3.8, 4) is 0 Å². The Balaban J connectivity index is 1.92. The topological polar surface area (TPSA) is 81.7 Å². The second-order valence-corrected chi connectivity index (χ2v) is 7.85. The Morgan fingerprint density at radius 1 is 1.19 bits per heavy atom. The Bertz CT molecular complexity index is 795. The number of amides is 1. The molecule has 6 nitrogen and oxygen atoms in total. The van der Waals surface area contributed by atoms with Crippen LogP contribution in [0.4, 0.5) is 5.00 Å². The molecule has 27 heavy (non-hydrogen) atoms. The largest absolute Gasteiger partial charge is 0.462 e. The van der Waals surface area contributed by atoms with Crippen molar-refractivity contribution in [2.75, 3.05) is 18.5 Å². The van der Waals surface area contributed by atoms with E-state index in [1.807, 2.05) is 31.4 Å². The summed E-state index contributed by atoms with van der Waals surface area (Å²) in [5, 5.41) is 5.05. The first-order valence-electron chi connectivity index (χ1n) is 8.73. The van der Waals surface area contributed by atoms with Crippen LogP contribution in [-0.4, -0.2) is 31.1 Å². The van der Waals surface area contributed by atoms with Crippen LogP contribution in [0.2, 0.25) is 0 Å². The van der Waals surface area contributed by atoms with Gasteiger partial charge in [-0.2, -0.15) is 0 Å². The van der Waals surface area contributed by atoms with E-state index in [0.29, 0.717) is 17.0 Å². The zero-order chi connectivity index (χ0) is 19.8. The number of aryl methyl sites for hydroxylation is 2. The van der Waals surface area contributed by atoms with Crippen LogP contribution in [0.5, 0.6) is 0 Å². The average molecular weight is 410 g/mol. The molecule has 2 aromatic rings. The summed E-state index contributed by atoms with van der Waals surface area (Å²) in [5.41, 5.74) is 1.18. The highest BCUT2D eigenvalue weighted by molar-refractivity contribution is 7.17. The first kappa shape index (κ1) is 21.1. The predicted octanol–water partition coefficient (Wildman–Crippen LogP) is 3.97. The van der Waals surface area contributed by atoms with Crippen molar-refractivity contribution in [2.24, 2.45) is 0 Å². The van der Waals surface area contributed by atoms with E-state index >= 15 is 0 Å². The van der Waals surface area contributed by atoms with Gasteiger partial charge in [-0.15, -0.1) is 22.7 Å². The van der Waals surface area contributed by atoms with Crippen LogP contribution in [0.25, 0.3) is 0 Å². The Kier molecular flexibility index (Phi) is 7.99. The van der Waals surface area contributed by atoms with Gasteiger partial charge in [-0.3, -0.25) is 9.59 Å². The molecule has 0 aromatic carbocycles. The van der Waals surface area contributed by atoms with Gasteiger partial charge in [0.05, 0.1) is 18.6 Å². The van der Waals surface area contributed by atoms with Crippen molar-refractivity contribution in [1.82, 2.24) is 0 Å². The molecule has 0 fully saturated rings. The zero-order valence-corrected chi connectivity index (χ0v) is 17.3. The summed E-state index contributed by atoms with van der Waals surface area (Å²) in [6.45, 7) is 5.42. The van der Waals surface area contributed by atoms with Crippen LogP contribution in [-0.2, 0) is 31.9 Å². The second-order valence-electron chi connectivity index (χ2n) is 5.72. The van der Waals surface area contributed by atoms with Crippen LogP contribution >= 0.6 is 22.7 Å². The quantitative estimate of drug-likeness (QED) is 0.634. The molecule has 146 valence electrons. The fraction of sp³-hybridized carbons (Fsp3) is 0.421. The Labute approximate surface area is 166 Å². The SMILES string of the molecule is CCOC(=O)c1c(NC(=O)COC(=O)CCc2cccs2)sc(CC)c1C. The van der Waals surface area contributed by atoms with Crippen LogP contribution in [0.3, 0.4) is 0 Å². The van der Waals surface area contributed by atoms with Crippen molar-refractivity contribution >= 4 is 45.5 Å². The summed E-state index contributed by atoms with van der Waals surface area (Å²) < 4.78 is 10.1. The minimum Gasteiger partial charge on any atom is -0.462 e. The summed E-state index contributed by atoms with van der Waals surface area (Å²) in [6, 6.07) is 3.87. The van der Waals surface area contributed by atoms with Gasteiger partial charge < -0.3 is 14.8 Å². The third-order valence-corrected chi connectivity index (χ3v) is 6.11. The van der Waals surface area contributed by atoms with E-state index in [-0.39, 0.29) is 19.6 Å².